The van der Waals surface area contributed by atoms with Crippen molar-refractivity contribution < 1.29 is 76.1 Å². The van der Waals surface area contributed by atoms with E-state index in [-0.39, 0.29) is 6.08 Å². The highest BCUT2D eigenvalue weighted by atomic mass is 19.4. The Kier molecular flexibility index (Phi) is 8.22. The summed E-state index contributed by atoms with van der Waals surface area (Å²) >= 11 is 0. The monoisotopic (exact) mass is 488 g/mol. The molecule has 0 radical (unpaired) electrons. The first-order valence-electron chi connectivity index (χ1n) is 7.22. The third-order valence-electron chi connectivity index (χ3n) is 3.21. The third-order valence-corrected chi connectivity index (χ3v) is 3.21. The molecule has 0 bridgehead atoms. The number of alkyl halides is 13. The number of hydrogen-bond acceptors (Lipinski definition) is 4. The van der Waals surface area contributed by atoms with E-state index >= 15 is 0 Å². The first-order valence-corrected chi connectivity index (χ1v) is 7.22. The maximum atomic E-state index is 13.4. The van der Waals surface area contributed by atoms with Crippen LogP contribution in [-0.4, -0.2) is 54.3 Å². The van der Waals surface area contributed by atoms with E-state index in [1.807, 2.05) is 0 Å². The van der Waals surface area contributed by atoms with Crippen LogP contribution in [-0.2, 0) is 19.1 Å². The Bertz CT molecular complexity index is 709. The topological polar surface area (TPSA) is 52.6 Å². The molecule has 0 aromatic heterocycles. The summed E-state index contributed by atoms with van der Waals surface area (Å²) in [5.41, 5.74) is 0. The highest BCUT2D eigenvalue weighted by Gasteiger charge is 2.90. The summed E-state index contributed by atoms with van der Waals surface area (Å²) in [6.07, 6.45) is -9.17. The summed E-state index contributed by atoms with van der Waals surface area (Å²) < 4.78 is 175. The molecule has 0 aromatic rings. The minimum Gasteiger partial charge on any atom is -0.462 e. The van der Waals surface area contributed by atoms with Crippen LogP contribution in [0.5, 0.6) is 0 Å². The summed E-state index contributed by atoms with van der Waals surface area (Å²) in [4.78, 5) is 21.8. The molecular formula is C14H9F13O4. The summed E-state index contributed by atoms with van der Waals surface area (Å²) in [5.74, 6) is -40.6. The van der Waals surface area contributed by atoms with Gasteiger partial charge in [0.15, 0.2) is 0 Å². The van der Waals surface area contributed by atoms with Gasteiger partial charge in [0.1, 0.15) is 0 Å². The van der Waals surface area contributed by atoms with Gasteiger partial charge >= 0.3 is 47.7 Å². The van der Waals surface area contributed by atoms with E-state index in [4.69, 9.17) is 0 Å². The second kappa shape index (κ2) is 8.94. The molecule has 0 unspecified atom stereocenters. The predicted octanol–water partition coefficient (Wildman–Crippen LogP) is 4.90. The Labute approximate surface area is 163 Å². The molecule has 17 heteroatoms. The molecule has 0 aliphatic heterocycles. The van der Waals surface area contributed by atoms with Gasteiger partial charge in [-0.05, 0) is 0 Å². The van der Waals surface area contributed by atoms with Crippen molar-refractivity contribution in [2.24, 2.45) is 0 Å². The van der Waals surface area contributed by atoms with E-state index < -0.39 is 60.8 Å². The van der Waals surface area contributed by atoms with Gasteiger partial charge in [0.2, 0.25) is 0 Å². The first-order chi connectivity index (χ1) is 13.6. The molecule has 0 aromatic carbocycles. The molecule has 31 heavy (non-hydrogen) atoms. The molecule has 0 spiro atoms. The lowest BCUT2D eigenvalue weighted by Gasteiger charge is -2.39. The lowest BCUT2D eigenvalue weighted by Crippen LogP contribution is -2.70. The van der Waals surface area contributed by atoms with Gasteiger partial charge in [-0.15, -0.1) is 0 Å². The van der Waals surface area contributed by atoms with Crippen molar-refractivity contribution in [1.29, 1.82) is 0 Å². The van der Waals surface area contributed by atoms with Gasteiger partial charge < -0.3 is 9.47 Å². The van der Waals surface area contributed by atoms with Crippen LogP contribution in [0.4, 0.5) is 57.1 Å². The molecule has 0 rings (SSSR count). The second-order valence-electron chi connectivity index (χ2n) is 5.35. The van der Waals surface area contributed by atoms with Crippen molar-refractivity contribution in [3.8, 4) is 0 Å². The largest absolute Gasteiger partial charge is 0.462 e. The predicted molar refractivity (Wildman–Crippen MR) is 71.8 cm³/mol. The van der Waals surface area contributed by atoms with Crippen molar-refractivity contribution >= 4 is 11.9 Å². The van der Waals surface area contributed by atoms with E-state index in [1.54, 1.807) is 0 Å². The van der Waals surface area contributed by atoms with E-state index in [2.05, 4.69) is 16.1 Å². The van der Waals surface area contributed by atoms with Crippen LogP contribution in [0.2, 0.25) is 0 Å². The zero-order chi connectivity index (χ0) is 25.1. The Morgan fingerprint density at radius 1 is 0.677 bits per heavy atom. The molecule has 180 valence electrons. The number of hydrogen-bond donors (Lipinski definition) is 0. The van der Waals surface area contributed by atoms with Crippen LogP contribution in [0, 0.1) is 0 Å². The van der Waals surface area contributed by atoms with Crippen LogP contribution in [0.3, 0.4) is 0 Å². The zero-order valence-electron chi connectivity index (χ0n) is 14.4. The Morgan fingerprint density at radius 2 is 1.10 bits per heavy atom. The van der Waals surface area contributed by atoms with Gasteiger partial charge in [-0.3, -0.25) is 0 Å². The lowest BCUT2D eigenvalue weighted by atomic mass is 9.93. The fraction of sp³-hybridized carbons (Fsp3) is 0.571. The van der Waals surface area contributed by atoms with Crippen LogP contribution < -0.4 is 0 Å². The minimum atomic E-state index is -8.00. The molecule has 0 aliphatic rings. The average molecular weight is 488 g/mol. The van der Waals surface area contributed by atoms with E-state index in [1.165, 1.54) is 0 Å². The van der Waals surface area contributed by atoms with Crippen molar-refractivity contribution in [2.75, 3.05) is 6.61 Å². The molecule has 0 N–H and O–H groups in total. The highest BCUT2D eigenvalue weighted by Crippen LogP contribution is 2.60. The minimum absolute atomic E-state index is 0.161. The molecule has 0 amide bonds. The normalized spacial score (nSPS) is 14.5. The maximum absolute atomic E-state index is 13.4. The fourth-order valence-corrected chi connectivity index (χ4v) is 1.54. The zero-order valence-corrected chi connectivity index (χ0v) is 14.4. The molecule has 0 aliphatic carbocycles. The molecule has 0 heterocycles. The van der Waals surface area contributed by atoms with Crippen LogP contribution in [0.1, 0.15) is 6.42 Å². The smallest absolute Gasteiger partial charge is 0.460 e. The Hall–Kier alpha value is -2.49. The van der Waals surface area contributed by atoms with Crippen molar-refractivity contribution in [3.05, 3.63) is 25.0 Å². The van der Waals surface area contributed by atoms with Gasteiger partial charge in [0.05, 0.1) is 19.3 Å². The van der Waals surface area contributed by atoms with Crippen molar-refractivity contribution in [3.63, 3.8) is 0 Å². The number of carbonyl (C=O) groups is 2. The van der Waals surface area contributed by atoms with Gasteiger partial charge in [-0.25, -0.2) is 9.59 Å². The van der Waals surface area contributed by atoms with Crippen molar-refractivity contribution in [1.82, 2.24) is 0 Å². The third kappa shape index (κ3) is 5.41. The summed E-state index contributed by atoms with van der Waals surface area (Å²) in [5, 5.41) is 0. The van der Waals surface area contributed by atoms with E-state index in [9.17, 15) is 66.7 Å². The highest BCUT2D eigenvalue weighted by molar-refractivity contribution is 5.91. The Balaban J connectivity index is 5.53. The second-order valence-corrected chi connectivity index (χ2v) is 5.35. The van der Waals surface area contributed by atoms with Crippen LogP contribution in [0.15, 0.2) is 25.0 Å². The van der Waals surface area contributed by atoms with Gasteiger partial charge in [0, 0.05) is 12.2 Å². The Morgan fingerprint density at radius 3 is 1.52 bits per heavy atom. The summed E-state index contributed by atoms with van der Waals surface area (Å²) in [7, 11) is 0. The standard InChI is InChI=1S/C14H9F13O4/c1-2-30-7(28)3-4-8(29)31-6-5-9(15,16)10(17,18)11(19,20)12(21,22)13(23,24)14(25,26)27/h2-4H,1,5-6H2. The molecule has 0 saturated heterocycles. The van der Waals surface area contributed by atoms with Crippen LogP contribution >= 0.6 is 0 Å². The summed E-state index contributed by atoms with van der Waals surface area (Å²) in [6, 6.07) is 0. The number of ether oxygens (including phenoxy) is 2. The maximum Gasteiger partial charge on any atom is 0.460 e. The number of carbonyl (C=O) groups excluding carboxylic acids is 2. The number of halogens is 13. The van der Waals surface area contributed by atoms with E-state index in [0.717, 1.165) is 0 Å². The van der Waals surface area contributed by atoms with Gasteiger partial charge in [0.25, 0.3) is 0 Å². The molecular weight excluding hydrogens is 479 g/mol. The molecule has 0 atom stereocenters. The van der Waals surface area contributed by atoms with Gasteiger partial charge in [-0.1, -0.05) is 6.58 Å². The van der Waals surface area contributed by atoms with Gasteiger partial charge in [-0.2, -0.15) is 57.1 Å². The quantitative estimate of drug-likeness (QED) is 0.190. The van der Waals surface area contributed by atoms with Crippen molar-refractivity contribution in [2.45, 2.75) is 42.2 Å². The summed E-state index contributed by atoms with van der Waals surface area (Å²) in [6.45, 7) is 0.990. The lowest BCUT2D eigenvalue weighted by molar-refractivity contribution is -0.440. The first kappa shape index (κ1) is 28.5. The molecule has 0 saturated carbocycles. The molecule has 0 fully saturated rings. The average Bonchev–Trinajstić information content (AvgIpc) is 2.58. The fourth-order valence-electron chi connectivity index (χ4n) is 1.54. The molecule has 4 nitrogen and oxygen atoms in total. The van der Waals surface area contributed by atoms with E-state index in [0.29, 0.717) is 12.3 Å². The number of rotatable bonds is 10. The van der Waals surface area contributed by atoms with Crippen LogP contribution in [0.25, 0.3) is 0 Å². The SMILES string of the molecule is C=COC(=O)C=CC(=O)OCCC(F)(F)C(F)(F)C(F)(F)C(F)(F)C(F)(F)C(F)(F)F. The number of esters is 2.